The van der Waals surface area contributed by atoms with Crippen LogP contribution in [0.3, 0.4) is 0 Å². The molecular weight excluding hydrogens is 686 g/mol. The quantitative estimate of drug-likeness (QED) is 0.137. The van der Waals surface area contributed by atoms with Gasteiger partial charge in [0.2, 0.25) is 11.8 Å². The minimum Gasteiger partial charge on any atom is -0.354 e. The molecule has 4 aromatic rings. The Labute approximate surface area is 285 Å². The number of anilines is 1. The highest BCUT2D eigenvalue weighted by Gasteiger charge is 2.35. The lowest BCUT2D eigenvalue weighted by molar-refractivity contribution is -0.140. The van der Waals surface area contributed by atoms with Gasteiger partial charge >= 0.3 is 0 Å². The topological polar surface area (TPSA) is 86.8 Å². The number of hydrogen-bond acceptors (Lipinski definition) is 4. The summed E-state index contributed by atoms with van der Waals surface area (Å²) in [5.74, 6) is -0.807. The fourth-order valence-electron chi connectivity index (χ4n) is 5.10. The Morgan fingerprint density at radius 3 is 2.20 bits per heavy atom. The molecule has 0 aliphatic heterocycles. The number of halogens is 2. The van der Waals surface area contributed by atoms with E-state index in [9.17, 15) is 18.0 Å². The van der Waals surface area contributed by atoms with Crippen LogP contribution < -0.4 is 9.62 Å². The molecule has 0 saturated heterocycles. The molecule has 1 N–H and O–H groups in total. The van der Waals surface area contributed by atoms with Gasteiger partial charge < -0.3 is 10.2 Å². The fourth-order valence-corrected chi connectivity index (χ4v) is 7.07. The van der Waals surface area contributed by atoms with Gasteiger partial charge in [0.1, 0.15) is 12.6 Å². The van der Waals surface area contributed by atoms with Crippen LogP contribution >= 0.6 is 27.5 Å². The Morgan fingerprint density at radius 1 is 0.891 bits per heavy atom. The molecule has 0 saturated carbocycles. The molecule has 0 aromatic heterocycles. The Balaban J connectivity index is 1.81. The van der Waals surface area contributed by atoms with Gasteiger partial charge in [-0.3, -0.25) is 13.9 Å². The third kappa shape index (κ3) is 9.21. The Kier molecular flexibility index (Phi) is 12.4. The summed E-state index contributed by atoms with van der Waals surface area (Å²) in [6, 6.07) is 27.5. The van der Waals surface area contributed by atoms with Crippen molar-refractivity contribution in [2.24, 2.45) is 0 Å². The normalized spacial score (nSPS) is 11.9. The van der Waals surface area contributed by atoms with Crippen LogP contribution in [0.15, 0.2) is 106 Å². The second kappa shape index (κ2) is 16.3. The first-order chi connectivity index (χ1) is 22.0. The van der Waals surface area contributed by atoms with Crippen LogP contribution in [0.2, 0.25) is 5.02 Å². The molecule has 0 spiro atoms. The van der Waals surface area contributed by atoms with Gasteiger partial charge in [-0.25, -0.2) is 8.42 Å². The van der Waals surface area contributed by atoms with Gasteiger partial charge in [0, 0.05) is 29.0 Å². The van der Waals surface area contributed by atoms with Gasteiger partial charge in [0.05, 0.1) is 10.6 Å². The largest absolute Gasteiger partial charge is 0.354 e. The van der Waals surface area contributed by atoms with Crippen LogP contribution in [-0.4, -0.2) is 44.3 Å². The number of carbonyl (C=O) groups is 2. The zero-order valence-corrected chi connectivity index (χ0v) is 29.4. The smallest absolute Gasteiger partial charge is 0.264 e. The molecule has 0 aliphatic carbocycles. The molecule has 46 heavy (non-hydrogen) atoms. The lowest BCUT2D eigenvalue weighted by Crippen LogP contribution is -2.53. The van der Waals surface area contributed by atoms with E-state index in [0.29, 0.717) is 22.8 Å². The van der Waals surface area contributed by atoms with Crippen molar-refractivity contribution >= 4 is 55.1 Å². The van der Waals surface area contributed by atoms with Crippen molar-refractivity contribution in [3.63, 3.8) is 0 Å². The molecular formula is C36H39BrClN3O4S. The fraction of sp³-hybridized carbons (Fsp3) is 0.278. The summed E-state index contributed by atoms with van der Waals surface area (Å²) in [7, 11) is -4.20. The van der Waals surface area contributed by atoms with Crippen molar-refractivity contribution in [1.29, 1.82) is 0 Å². The molecule has 0 fully saturated rings. The summed E-state index contributed by atoms with van der Waals surface area (Å²) in [5, 5.41) is 3.46. The molecule has 0 aliphatic rings. The number of aryl methyl sites for hydroxylation is 2. The van der Waals surface area contributed by atoms with E-state index in [2.05, 4.69) is 21.2 Å². The van der Waals surface area contributed by atoms with Crippen molar-refractivity contribution in [2.45, 2.75) is 57.5 Å². The maximum Gasteiger partial charge on any atom is 0.264 e. The number of rotatable bonds is 14. The summed E-state index contributed by atoms with van der Waals surface area (Å²) < 4.78 is 30.5. The van der Waals surface area contributed by atoms with Crippen LogP contribution in [0, 0.1) is 13.8 Å². The molecule has 10 heteroatoms. The minimum absolute atomic E-state index is 0.0536. The lowest BCUT2D eigenvalue weighted by Gasteiger charge is -2.34. The molecule has 7 nitrogen and oxygen atoms in total. The molecule has 0 unspecified atom stereocenters. The second-order valence-electron chi connectivity index (χ2n) is 11.3. The van der Waals surface area contributed by atoms with Crippen LogP contribution in [0.5, 0.6) is 0 Å². The van der Waals surface area contributed by atoms with Crippen molar-refractivity contribution in [2.75, 3.05) is 17.4 Å². The number of benzene rings is 4. The molecule has 2 amide bonds. The van der Waals surface area contributed by atoms with E-state index in [1.807, 2.05) is 68.4 Å². The average Bonchev–Trinajstić information content (AvgIpc) is 3.03. The number of nitrogens with one attached hydrogen (secondary N) is 1. The zero-order chi connectivity index (χ0) is 33.3. The molecule has 242 valence electrons. The highest BCUT2D eigenvalue weighted by Crippen LogP contribution is 2.30. The van der Waals surface area contributed by atoms with E-state index >= 15 is 0 Å². The SMILES string of the molecule is CCCCNC(=O)[C@H](Cc1ccccc1)N(Cc1ccc(Br)cc1)C(=O)CN(c1ccc(Cl)cc1C)S(=O)(=O)c1ccc(C)cc1. The molecule has 1 atom stereocenters. The van der Waals surface area contributed by atoms with E-state index in [0.717, 1.165) is 38.3 Å². The number of carbonyl (C=O) groups excluding carboxylic acids is 2. The highest BCUT2D eigenvalue weighted by atomic mass is 79.9. The van der Waals surface area contributed by atoms with Crippen molar-refractivity contribution < 1.29 is 18.0 Å². The average molecular weight is 725 g/mol. The van der Waals surface area contributed by atoms with Crippen molar-refractivity contribution in [3.8, 4) is 0 Å². The van der Waals surface area contributed by atoms with Crippen LogP contribution in [0.4, 0.5) is 5.69 Å². The maximum absolute atomic E-state index is 14.6. The predicted molar refractivity (Wildman–Crippen MR) is 188 cm³/mol. The van der Waals surface area contributed by atoms with Gasteiger partial charge in [0.25, 0.3) is 10.0 Å². The highest BCUT2D eigenvalue weighted by molar-refractivity contribution is 9.10. The van der Waals surface area contributed by atoms with E-state index in [-0.39, 0.29) is 23.8 Å². The van der Waals surface area contributed by atoms with Gasteiger partial charge in [-0.2, -0.15) is 0 Å². The van der Waals surface area contributed by atoms with E-state index in [1.54, 1.807) is 37.3 Å². The molecule has 4 aromatic carbocycles. The zero-order valence-electron chi connectivity index (χ0n) is 26.2. The van der Waals surface area contributed by atoms with Crippen molar-refractivity contribution in [3.05, 3.63) is 129 Å². The third-order valence-corrected chi connectivity index (χ3v) is 10.2. The number of unbranched alkanes of at least 4 members (excludes halogenated alkanes) is 1. The monoisotopic (exact) mass is 723 g/mol. The number of amides is 2. The van der Waals surface area contributed by atoms with Gasteiger partial charge in [0.15, 0.2) is 0 Å². The van der Waals surface area contributed by atoms with E-state index in [1.165, 1.54) is 17.0 Å². The Hall–Kier alpha value is -3.66. The van der Waals surface area contributed by atoms with Gasteiger partial charge in [-0.15, -0.1) is 0 Å². The first-order valence-electron chi connectivity index (χ1n) is 15.2. The van der Waals surface area contributed by atoms with Gasteiger partial charge in [-0.05, 0) is 79.4 Å². The summed E-state index contributed by atoms with van der Waals surface area (Å²) in [4.78, 5) is 30.0. The molecule has 0 radical (unpaired) electrons. The van der Waals surface area contributed by atoms with Crippen LogP contribution in [0.25, 0.3) is 0 Å². The van der Waals surface area contributed by atoms with E-state index in [4.69, 9.17) is 11.6 Å². The molecule has 0 bridgehead atoms. The summed E-state index contributed by atoms with van der Waals surface area (Å²) >= 11 is 9.71. The predicted octanol–water partition coefficient (Wildman–Crippen LogP) is 7.47. The number of hydrogen-bond donors (Lipinski definition) is 1. The first kappa shape index (κ1) is 35.2. The van der Waals surface area contributed by atoms with Crippen molar-refractivity contribution in [1.82, 2.24) is 10.2 Å². The first-order valence-corrected chi connectivity index (χ1v) is 17.8. The summed E-state index contributed by atoms with van der Waals surface area (Å²) in [6.45, 7) is 5.71. The summed E-state index contributed by atoms with van der Waals surface area (Å²) in [6.07, 6.45) is 1.95. The summed E-state index contributed by atoms with van der Waals surface area (Å²) in [5.41, 5.74) is 3.50. The van der Waals surface area contributed by atoms with E-state index < -0.39 is 28.5 Å². The lowest BCUT2D eigenvalue weighted by atomic mass is 10.0. The standard InChI is InChI=1S/C36H39BrClN3O4S/c1-4-5-21-39-36(43)34(23-28-9-7-6-8-10-28)40(24-29-13-15-30(37)16-14-29)35(42)25-41(33-20-17-31(38)22-27(33)3)46(44,45)32-18-11-26(2)12-19-32/h6-20,22,34H,4-5,21,23-25H2,1-3H3,(H,39,43)/t34-/m0/s1. The molecule has 4 rings (SSSR count). The number of sulfonamides is 1. The third-order valence-electron chi connectivity index (χ3n) is 7.68. The number of nitrogens with zero attached hydrogens (tertiary/aromatic N) is 2. The van der Waals surface area contributed by atoms with Crippen LogP contribution in [0.1, 0.15) is 42.0 Å². The Morgan fingerprint density at radius 2 is 1.57 bits per heavy atom. The minimum atomic E-state index is -4.20. The maximum atomic E-state index is 14.6. The van der Waals surface area contributed by atoms with Gasteiger partial charge in [-0.1, -0.05) is 101 Å². The second-order valence-corrected chi connectivity index (χ2v) is 14.5. The van der Waals surface area contributed by atoms with Crippen LogP contribution in [-0.2, 0) is 32.6 Å². The Bertz CT molecular complexity index is 1730. The molecule has 0 heterocycles.